The third-order valence-electron chi connectivity index (χ3n) is 5.96. The molecule has 0 radical (unpaired) electrons. The van der Waals surface area contributed by atoms with Gasteiger partial charge in [-0.25, -0.2) is 9.97 Å². The Morgan fingerprint density at radius 1 is 0.636 bits per heavy atom. The van der Waals surface area contributed by atoms with Gasteiger partial charge in [0.15, 0.2) is 11.4 Å². The first kappa shape index (κ1) is 18.6. The summed E-state index contributed by atoms with van der Waals surface area (Å²) in [4.78, 5) is 9.98. The van der Waals surface area contributed by atoms with Crippen LogP contribution in [0.4, 0.5) is 0 Å². The van der Waals surface area contributed by atoms with Gasteiger partial charge in [-0.3, -0.25) is 0 Å². The molecule has 3 heterocycles. The number of hydrogen-bond acceptors (Lipinski definition) is 4. The van der Waals surface area contributed by atoms with Gasteiger partial charge in [0, 0.05) is 31.8 Å². The Bertz CT molecular complexity index is 1830. The van der Waals surface area contributed by atoms with E-state index in [4.69, 9.17) is 18.8 Å². The molecule has 7 rings (SSSR count). The number of hydrogen-bond donors (Lipinski definition) is 0. The smallest absolute Gasteiger partial charge is 0.180 e. The van der Waals surface area contributed by atoms with Crippen molar-refractivity contribution < 1.29 is 8.83 Å². The fraction of sp³-hybridized carbons (Fsp3) is 0. The van der Waals surface area contributed by atoms with Crippen molar-refractivity contribution >= 4 is 59.9 Å². The van der Waals surface area contributed by atoms with Crippen LogP contribution in [0.5, 0.6) is 0 Å². The van der Waals surface area contributed by atoms with E-state index in [1.54, 1.807) is 0 Å². The summed E-state index contributed by atoms with van der Waals surface area (Å²) in [6.07, 6.45) is 0. The maximum atomic E-state index is 6.34. The Kier molecular flexibility index (Phi) is 3.96. The molecular weight excluding hydrogens is 476 g/mol. The average molecular weight is 491 g/mol. The van der Waals surface area contributed by atoms with Crippen LogP contribution in [-0.4, -0.2) is 9.97 Å². The summed E-state index contributed by atoms with van der Waals surface area (Å²) in [5, 5.41) is 3.02. The van der Waals surface area contributed by atoms with Crippen LogP contribution in [0.15, 0.2) is 104 Å². The molecule has 33 heavy (non-hydrogen) atoms. The molecule has 7 aromatic rings. The van der Waals surface area contributed by atoms with Gasteiger partial charge >= 0.3 is 0 Å². The van der Waals surface area contributed by atoms with Crippen molar-refractivity contribution in [2.24, 2.45) is 0 Å². The fourth-order valence-electron chi connectivity index (χ4n) is 4.49. The minimum Gasteiger partial charge on any atom is -0.456 e. The number of nitrogens with zero attached hydrogens (tertiary/aromatic N) is 2. The minimum absolute atomic E-state index is 0.658. The number of para-hydroxylation sites is 1. The van der Waals surface area contributed by atoms with Crippen molar-refractivity contribution in [3.8, 4) is 22.6 Å². The van der Waals surface area contributed by atoms with Crippen LogP contribution < -0.4 is 0 Å². The molecule has 156 valence electrons. The average Bonchev–Trinajstić information content (AvgIpc) is 3.42. The lowest BCUT2D eigenvalue weighted by atomic mass is 10.0. The molecule has 0 atom stereocenters. The summed E-state index contributed by atoms with van der Waals surface area (Å²) in [6.45, 7) is 0. The number of halogens is 1. The van der Waals surface area contributed by atoms with Crippen molar-refractivity contribution in [3.05, 3.63) is 95.5 Å². The van der Waals surface area contributed by atoms with E-state index >= 15 is 0 Å². The van der Waals surface area contributed by atoms with Crippen molar-refractivity contribution in [1.29, 1.82) is 0 Å². The van der Waals surface area contributed by atoms with Gasteiger partial charge in [-0.1, -0.05) is 76.6 Å². The van der Waals surface area contributed by atoms with E-state index in [2.05, 4.69) is 28.1 Å². The van der Waals surface area contributed by atoms with Gasteiger partial charge in [-0.2, -0.15) is 0 Å². The molecule has 0 unspecified atom stereocenters. The lowest BCUT2D eigenvalue weighted by molar-refractivity contribution is 0.667. The van der Waals surface area contributed by atoms with Crippen LogP contribution in [0.1, 0.15) is 0 Å². The van der Waals surface area contributed by atoms with E-state index in [9.17, 15) is 0 Å². The number of fused-ring (bicyclic) bond motifs is 6. The van der Waals surface area contributed by atoms with Crippen LogP contribution in [0.2, 0.25) is 0 Å². The quantitative estimate of drug-likeness (QED) is 0.244. The first-order valence-electron chi connectivity index (χ1n) is 10.6. The topological polar surface area (TPSA) is 52.1 Å². The van der Waals surface area contributed by atoms with E-state index < -0.39 is 0 Å². The van der Waals surface area contributed by atoms with E-state index in [0.717, 1.165) is 59.7 Å². The second-order valence-corrected chi connectivity index (χ2v) is 8.87. The Balaban J connectivity index is 1.65. The molecule has 0 aliphatic heterocycles. The summed E-state index contributed by atoms with van der Waals surface area (Å²) in [7, 11) is 0. The molecule has 0 aliphatic rings. The highest BCUT2D eigenvalue weighted by Crippen LogP contribution is 2.41. The van der Waals surface area contributed by atoms with Crippen molar-refractivity contribution in [3.63, 3.8) is 0 Å². The lowest BCUT2D eigenvalue weighted by Gasteiger charge is -2.07. The third-order valence-corrected chi connectivity index (χ3v) is 6.46. The molecule has 4 nitrogen and oxygen atoms in total. The normalized spacial score (nSPS) is 11.8. The van der Waals surface area contributed by atoms with Gasteiger partial charge in [-0.05, 0) is 30.3 Å². The zero-order valence-electron chi connectivity index (χ0n) is 17.2. The standard InChI is InChI=1S/C28H15BrN2O2/c29-17-13-14-22-20(15-17)26-27(33-22)25(30-28(31-26)16-7-2-1-3-8-16)19-10-6-12-23-24(19)18-9-4-5-11-21(18)32-23/h1-15H. The zero-order valence-corrected chi connectivity index (χ0v) is 18.8. The highest BCUT2D eigenvalue weighted by atomic mass is 79.9. The molecule has 0 saturated heterocycles. The number of furan rings is 2. The van der Waals surface area contributed by atoms with Gasteiger partial charge < -0.3 is 8.83 Å². The van der Waals surface area contributed by atoms with E-state index in [-0.39, 0.29) is 0 Å². The number of rotatable bonds is 2. The molecule has 4 aromatic carbocycles. The van der Waals surface area contributed by atoms with Crippen LogP contribution >= 0.6 is 15.9 Å². The second-order valence-electron chi connectivity index (χ2n) is 7.96. The molecule has 0 spiro atoms. The fourth-order valence-corrected chi connectivity index (χ4v) is 4.85. The maximum absolute atomic E-state index is 6.34. The SMILES string of the molecule is Brc1ccc2oc3c(-c4cccc5oc6ccccc6c45)nc(-c4ccccc4)nc3c2c1. The first-order valence-corrected chi connectivity index (χ1v) is 11.4. The largest absolute Gasteiger partial charge is 0.456 e. The summed E-state index contributed by atoms with van der Waals surface area (Å²) in [6, 6.07) is 30.1. The van der Waals surface area contributed by atoms with E-state index in [0.29, 0.717) is 11.4 Å². The molecule has 0 bridgehead atoms. The lowest BCUT2D eigenvalue weighted by Crippen LogP contribution is -1.94. The Hall–Kier alpha value is -3.96. The number of aromatic nitrogens is 2. The molecule has 0 saturated carbocycles. The summed E-state index contributed by atoms with van der Waals surface area (Å²) < 4.78 is 13.5. The van der Waals surface area contributed by atoms with E-state index in [1.807, 2.05) is 78.9 Å². The molecular formula is C28H15BrN2O2. The van der Waals surface area contributed by atoms with Crippen LogP contribution in [0.3, 0.4) is 0 Å². The Morgan fingerprint density at radius 2 is 1.42 bits per heavy atom. The Morgan fingerprint density at radius 3 is 2.33 bits per heavy atom. The third kappa shape index (κ3) is 2.82. The van der Waals surface area contributed by atoms with Gasteiger partial charge in [0.2, 0.25) is 0 Å². The molecule has 0 N–H and O–H groups in total. The molecule has 5 heteroatoms. The minimum atomic E-state index is 0.658. The summed E-state index contributed by atoms with van der Waals surface area (Å²) in [5.74, 6) is 0.658. The van der Waals surface area contributed by atoms with E-state index in [1.165, 1.54) is 0 Å². The predicted molar refractivity (Wildman–Crippen MR) is 135 cm³/mol. The number of benzene rings is 4. The van der Waals surface area contributed by atoms with Gasteiger partial charge in [0.25, 0.3) is 0 Å². The molecule has 0 fully saturated rings. The van der Waals surface area contributed by atoms with Crippen LogP contribution in [-0.2, 0) is 0 Å². The molecule has 0 amide bonds. The maximum Gasteiger partial charge on any atom is 0.180 e. The molecule has 0 aliphatic carbocycles. The summed E-state index contributed by atoms with van der Waals surface area (Å²) >= 11 is 3.59. The summed E-state index contributed by atoms with van der Waals surface area (Å²) in [5.41, 5.74) is 6.57. The monoisotopic (exact) mass is 490 g/mol. The predicted octanol–water partition coefficient (Wildman–Crippen LogP) is 8.37. The highest BCUT2D eigenvalue weighted by Gasteiger charge is 2.21. The van der Waals surface area contributed by atoms with Gasteiger partial charge in [-0.15, -0.1) is 0 Å². The first-order chi connectivity index (χ1) is 16.3. The van der Waals surface area contributed by atoms with Gasteiger partial charge in [0.1, 0.15) is 28.0 Å². The van der Waals surface area contributed by atoms with Crippen molar-refractivity contribution in [2.75, 3.05) is 0 Å². The van der Waals surface area contributed by atoms with Crippen molar-refractivity contribution in [1.82, 2.24) is 9.97 Å². The second kappa shape index (κ2) is 7.02. The van der Waals surface area contributed by atoms with Crippen LogP contribution in [0, 0.1) is 0 Å². The zero-order chi connectivity index (χ0) is 21.9. The van der Waals surface area contributed by atoms with Crippen LogP contribution in [0.25, 0.3) is 66.7 Å². The highest BCUT2D eigenvalue weighted by molar-refractivity contribution is 9.10. The van der Waals surface area contributed by atoms with Crippen molar-refractivity contribution in [2.45, 2.75) is 0 Å². The molecule has 3 aromatic heterocycles. The Labute approximate surface area is 196 Å². The van der Waals surface area contributed by atoms with Gasteiger partial charge in [0.05, 0.1) is 0 Å².